The van der Waals surface area contributed by atoms with E-state index < -0.39 is 0 Å². The first-order chi connectivity index (χ1) is 6.52. The Bertz CT molecular complexity index is 254. The molecular formula is C11H18ClNO2. The van der Waals surface area contributed by atoms with E-state index in [4.69, 9.17) is 11.2 Å². The number of hydrogen-bond donors (Lipinski definition) is 0. The molecule has 0 aliphatic rings. The average Bonchev–Trinajstić information content (AvgIpc) is 2.11. The molecule has 0 heterocycles. The van der Waals surface area contributed by atoms with E-state index in [1.165, 1.54) is 0 Å². The van der Waals surface area contributed by atoms with Crippen molar-refractivity contribution >= 4 is 5.97 Å². The minimum absolute atomic E-state index is 0. The summed E-state index contributed by atoms with van der Waals surface area (Å²) in [5, 5.41) is 0. The van der Waals surface area contributed by atoms with Gasteiger partial charge in [-0.1, -0.05) is 12.0 Å². The molecule has 4 heteroatoms. The quantitative estimate of drug-likeness (QED) is 0.233. The lowest BCUT2D eigenvalue weighted by atomic mass is 10.4. The highest BCUT2D eigenvalue weighted by Crippen LogP contribution is 1.98. The molecule has 0 spiro atoms. The molecule has 3 nitrogen and oxygen atoms in total. The van der Waals surface area contributed by atoms with Crippen LogP contribution in [-0.4, -0.2) is 44.2 Å². The Labute approximate surface area is 98.1 Å². The van der Waals surface area contributed by atoms with Crippen LogP contribution < -0.4 is 12.4 Å². The first kappa shape index (κ1) is 16.4. The maximum absolute atomic E-state index is 11.2. The van der Waals surface area contributed by atoms with Crippen molar-refractivity contribution in [2.45, 2.75) is 6.92 Å². The van der Waals surface area contributed by atoms with Gasteiger partial charge in [-0.15, -0.1) is 6.42 Å². The molecule has 0 N–H and O–H groups in total. The summed E-state index contributed by atoms with van der Waals surface area (Å²) in [5.74, 6) is 2.01. The van der Waals surface area contributed by atoms with E-state index in [1.807, 2.05) is 33.2 Å². The third-order valence-electron chi connectivity index (χ3n) is 1.71. The van der Waals surface area contributed by atoms with Crippen LogP contribution >= 0.6 is 0 Å². The number of hydrogen-bond acceptors (Lipinski definition) is 2. The van der Waals surface area contributed by atoms with Gasteiger partial charge >= 0.3 is 5.97 Å². The molecule has 0 bridgehead atoms. The summed E-state index contributed by atoms with van der Waals surface area (Å²) in [6, 6.07) is 0. The Morgan fingerprint density at radius 1 is 1.53 bits per heavy atom. The van der Waals surface area contributed by atoms with Gasteiger partial charge in [0.1, 0.15) is 0 Å². The summed E-state index contributed by atoms with van der Waals surface area (Å²) in [5.41, 5.74) is 0. The van der Waals surface area contributed by atoms with Gasteiger partial charge in [-0.2, -0.15) is 0 Å². The predicted octanol–water partition coefficient (Wildman–Crippen LogP) is -2.18. The number of esters is 1. The van der Waals surface area contributed by atoms with Gasteiger partial charge in [0.05, 0.1) is 20.6 Å². The average molecular weight is 232 g/mol. The molecular weight excluding hydrogens is 214 g/mol. The summed E-state index contributed by atoms with van der Waals surface area (Å²) in [6.45, 7) is 3.16. The van der Waals surface area contributed by atoms with Crippen LogP contribution in [0.3, 0.4) is 0 Å². The second-order valence-electron chi connectivity index (χ2n) is 3.71. The van der Waals surface area contributed by atoms with Crippen molar-refractivity contribution in [2.24, 2.45) is 0 Å². The van der Waals surface area contributed by atoms with Crippen LogP contribution in [0.4, 0.5) is 0 Å². The summed E-state index contributed by atoms with van der Waals surface area (Å²) < 4.78 is 5.37. The van der Waals surface area contributed by atoms with Crippen LogP contribution in [0.1, 0.15) is 6.92 Å². The number of terminal acetylenes is 1. The zero-order chi connectivity index (χ0) is 11.0. The van der Waals surface area contributed by atoms with Gasteiger partial charge in [0.15, 0.2) is 13.2 Å². The van der Waals surface area contributed by atoms with Crippen LogP contribution in [0.2, 0.25) is 0 Å². The molecule has 0 aliphatic carbocycles. The molecule has 0 rings (SSSR count). The highest BCUT2D eigenvalue weighted by atomic mass is 35.5. The van der Waals surface area contributed by atoms with E-state index in [2.05, 4.69) is 5.92 Å². The molecule has 0 aromatic heterocycles. The second-order valence-corrected chi connectivity index (χ2v) is 3.71. The molecule has 0 fully saturated rings. The van der Waals surface area contributed by atoms with E-state index in [1.54, 1.807) is 0 Å². The number of likely N-dealkylation sites (N-methyl/N-ethyl adjacent to an activating group) is 1. The van der Waals surface area contributed by atoms with Gasteiger partial charge in [0, 0.05) is 0 Å². The van der Waals surface area contributed by atoms with Crippen molar-refractivity contribution in [3.05, 3.63) is 12.2 Å². The van der Waals surface area contributed by atoms with Crippen molar-refractivity contribution in [3.63, 3.8) is 0 Å². The third-order valence-corrected chi connectivity index (χ3v) is 1.71. The van der Waals surface area contributed by atoms with Crippen LogP contribution in [0.25, 0.3) is 0 Å². The summed E-state index contributed by atoms with van der Waals surface area (Å²) in [7, 11) is 3.94. The number of nitrogens with zero attached hydrogens (tertiary/aromatic N) is 1. The zero-order valence-electron chi connectivity index (χ0n) is 9.50. The molecule has 0 unspecified atom stereocenters. The molecule has 15 heavy (non-hydrogen) atoms. The molecule has 0 atom stereocenters. The van der Waals surface area contributed by atoms with Gasteiger partial charge in [-0.05, 0) is 13.0 Å². The van der Waals surface area contributed by atoms with Gasteiger partial charge in [-0.25, -0.2) is 4.79 Å². The standard InChI is InChI=1S/C11H18NO2.ClH/c1-5-7-8-12(3,4)10-11(13)14-9-6-2;/h2,5,7H,8-10H2,1,3-4H3;1H/q+1;/p-1/b7-5+;. The Balaban J connectivity index is 0. The molecule has 86 valence electrons. The fourth-order valence-corrected chi connectivity index (χ4v) is 0.973. The highest BCUT2D eigenvalue weighted by molar-refractivity contribution is 5.70. The SMILES string of the molecule is C#CCOC(=O)C[N+](C)(C)C/C=C/C.[Cl-]. The van der Waals surface area contributed by atoms with Crippen LogP contribution in [0.15, 0.2) is 12.2 Å². The lowest BCUT2D eigenvalue weighted by molar-refractivity contribution is -0.877. The molecule has 0 aromatic carbocycles. The fourth-order valence-electron chi connectivity index (χ4n) is 0.973. The smallest absolute Gasteiger partial charge is 0.362 e. The molecule has 0 amide bonds. The molecule has 0 saturated carbocycles. The zero-order valence-corrected chi connectivity index (χ0v) is 10.3. The fraction of sp³-hybridized carbons (Fsp3) is 0.545. The maximum Gasteiger partial charge on any atom is 0.362 e. The van der Waals surface area contributed by atoms with Crippen molar-refractivity contribution in [1.82, 2.24) is 0 Å². The molecule has 0 aliphatic heterocycles. The highest BCUT2D eigenvalue weighted by Gasteiger charge is 2.19. The Morgan fingerprint density at radius 2 is 2.13 bits per heavy atom. The number of carbonyl (C=O) groups excluding carboxylic acids is 1. The minimum atomic E-state index is -0.252. The van der Waals surface area contributed by atoms with E-state index in [9.17, 15) is 4.79 Å². The Morgan fingerprint density at radius 3 is 2.60 bits per heavy atom. The summed E-state index contributed by atoms with van der Waals surface area (Å²) in [4.78, 5) is 11.2. The van der Waals surface area contributed by atoms with Crippen molar-refractivity contribution in [1.29, 1.82) is 0 Å². The third kappa shape index (κ3) is 9.33. The Hall–Kier alpha value is -0.980. The minimum Gasteiger partial charge on any atom is -1.00 e. The number of quaternary nitrogens is 1. The molecule has 0 aromatic rings. The van der Waals surface area contributed by atoms with E-state index in [0.717, 1.165) is 6.54 Å². The van der Waals surface area contributed by atoms with Crippen LogP contribution in [-0.2, 0) is 9.53 Å². The maximum atomic E-state index is 11.2. The lowest BCUT2D eigenvalue weighted by Gasteiger charge is -2.26. The van der Waals surface area contributed by atoms with Gasteiger partial charge in [0.2, 0.25) is 0 Å². The molecule has 0 radical (unpaired) electrons. The van der Waals surface area contributed by atoms with E-state index in [0.29, 0.717) is 11.0 Å². The summed E-state index contributed by atoms with van der Waals surface area (Å²) in [6.07, 6.45) is 8.96. The largest absolute Gasteiger partial charge is 1.00 e. The number of allylic oxidation sites excluding steroid dienone is 1. The normalized spacial score (nSPS) is 10.5. The molecule has 0 saturated heterocycles. The number of halogens is 1. The topological polar surface area (TPSA) is 26.3 Å². The number of ether oxygens (including phenoxy) is 1. The van der Waals surface area contributed by atoms with Gasteiger partial charge < -0.3 is 21.6 Å². The first-order valence-corrected chi connectivity index (χ1v) is 4.54. The lowest BCUT2D eigenvalue weighted by Crippen LogP contribution is -3.00. The monoisotopic (exact) mass is 231 g/mol. The first-order valence-electron chi connectivity index (χ1n) is 4.54. The van der Waals surface area contributed by atoms with E-state index in [-0.39, 0.29) is 25.0 Å². The van der Waals surface area contributed by atoms with Gasteiger partial charge in [0.25, 0.3) is 0 Å². The van der Waals surface area contributed by atoms with Crippen LogP contribution in [0, 0.1) is 12.3 Å². The van der Waals surface area contributed by atoms with E-state index >= 15 is 0 Å². The van der Waals surface area contributed by atoms with Crippen molar-refractivity contribution in [3.8, 4) is 12.3 Å². The van der Waals surface area contributed by atoms with Crippen molar-refractivity contribution < 1.29 is 26.4 Å². The summed E-state index contributed by atoms with van der Waals surface area (Å²) >= 11 is 0. The second kappa shape index (κ2) is 8.34. The van der Waals surface area contributed by atoms with Gasteiger partial charge in [-0.3, -0.25) is 0 Å². The predicted molar refractivity (Wildman–Crippen MR) is 56.4 cm³/mol. The Kier molecular flexibility index (Phi) is 9.14. The van der Waals surface area contributed by atoms with Crippen LogP contribution in [0.5, 0.6) is 0 Å². The number of carbonyl (C=O) groups is 1. The number of rotatable bonds is 5. The van der Waals surface area contributed by atoms with Crippen molar-refractivity contribution in [2.75, 3.05) is 33.8 Å².